The first-order valence-corrected chi connectivity index (χ1v) is 9.63. The highest BCUT2D eigenvalue weighted by Crippen LogP contribution is 2.34. The number of carbonyl (C=O) groups is 1. The number of hydrogen-bond donors (Lipinski definition) is 2. The number of nitrogens with one attached hydrogen (secondary N) is 2. The predicted octanol–water partition coefficient (Wildman–Crippen LogP) is 5.24. The Morgan fingerprint density at radius 3 is 2.23 bits per heavy atom. The molecule has 0 saturated heterocycles. The highest BCUT2D eigenvalue weighted by Gasteiger charge is 2.15. The Kier molecular flexibility index (Phi) is 6.80. The molecule has 1 amide bonds. The van der Waals surface area contributed by atoms with Crippen molar-refractivity contribution in [3.05, 3.63) is 72.3 Å². The van der Waals surface area contributed by atoms with Gasteiger partial charge in [-0.2, -0.15) is 0 Å². The first kappa shape index (κ1) is 21.0. The van der Waals surface area contributed by atoms with Crippen LogP contribution in [-0.2, 0) is 4.79 Å². The van der Waals surface area contributed by atoms with Crippen LogP contribution in [0, 0.1) is 6.92 Å². The molecule has 0 heterocycles. The molecule has 156 valence electrons. The molecule has 0 bridgehead atoms. The number of hydrogen-bond acceptors (Lipinski definition) is 5. The zero-order valence-corrected chi connectivity index (χ0v) is 17.6. The van der Waals surface area contributed by atoms with Gasteiger partial charge in [-0.3, -0.25) is 4.79 Å². The van der Waals surface area contributed by atoms with E-state index in [4.69, 9.17) is 14.2 Å². The van der Waals surface area contributed by atoms with Crippen molar-refractivity contribution in [2.45, 2.75) is 19.9 Å². The van der Waals surface area contributed by atoms with Gasteiger partial charge in [-0.1, -0.05) is 18.2 Å². The van der Waals surface area contributed by atoms with Crippen molar-refractivity contribution in [2.24, 2.45) is 0 Å². The van der Waals surface area contributed by atoms with E-state index in [1.54, 1.807) is 26.4 Å². The van der Waals surface area contributed by atoms with Crippen molar-refractivity contribution in [3.63, 3.8) is 0 Å². The van der Waals surface area contributed by atoms with E-state index in [1.165, 1.54) is 0 Å². The van der Waals surface area contributed by atoms with Crippen molar-refractivity contribution in [2.75, 3.05) is 24.9 Å². The molecule has 6 heteroatoms. The largest absolute Gasteiger partial charge is 0.497 e. The van der Waals surface area contributed by atoms with Crippen LogP contribution in [0.1, 0.15) is 12.5 Å². The van der Waals surface area contributed by atoms with Crippen LogP contribution in [0.25, 0.3) is 0 Å². The van der Waals surface area contributed by atoms with Gasteiger partial charge < -0.3 is 24.8 Å². The molecule has 3 aromatic rings. The fourth-order valence-corrected chi connectivity index (χ4v) is 2.89. The van der Waals surface area contributed by atoms with Gasteiger partial charge in [-0.25, -0.2) is 0 Å². The molecule has 0 saturated carbocycles. The molecule has 0 aliphatic rings. The van der Waals surface area contributed by atoms with Crippen LogP contribution in [0.5, 0.6) is 23.0 Å². The summed E-state index contributed by atoms with van der Waals surface area (Å²) in [5, 5.41) is 6.16. The molecule has 6 nitrogen and oxygen atoms in total. The van der Waals surface area contributed by atoms with Gasteiger partial charge in [0, 0.05) is 17.4 Å². The molecular formula is C24H26N2O4. The quantitative estimate of drug-likeness (QED) is 0.535. The average molecular weight is 406 g/mol. The molecule has 30 heavy (non-hydrogen) atoms. The molecule has 0 fully saturated rings. The maximum absolute atomic E-state index is 12.6. The smallest absolute Gasteiger partial charge is 0.246 e. The predicted molar refractivity (Wildman–Crippen MR) is 119 cm³/mol. The normalized spacial score (nSPS) is 11.3. The van der Waals surface area contributed by atoms with E-state index in [0.717, 1.165) is 22.7 Å². The van der Waals surface area contributed by atoms with Crippen molar-refractivity contribution in [1.29, 1.82) is 0 Å². The van der Waals surface area contributed by atoms with Gasteiger partial charge in [-0.15, -0.1) is 0 Å². The summed E-state index contributed by atoms with van der Waals surface area (Å²) in [7, 11) is 3.20. The Morgan fingerprint density at radius 2 is 1.57 bits per heavy atom. The molecule has 3 aromatic carbocycles. The highest BCUT2D eigenvalue weighted by molar-refractivity contribution is 5.96. The second-order valence-electron chi connectivity index (χ2n) is 6.81. The van der Waals surface area contributed by atoms with E-state index in [9.17, 15) is 4.79 Å². The van der Waals surface area contributed by atoms with Crippen LogP contribution < -0.4 is 24.8 Å². The minimum absolute atomic E-state index is 0.127. The molecule has 0 aliphatic carbocycles. The van der Waals surface area contributed by atoms with E-state index < -0.39 is 6.04 Å². The van der Waals surface area contributed by atoms with Crippen LogP contribution in [0.3, 0.4) is 0 Å². The Labute approximate surface area is 176 Å². The van der Waals surface area contributed by atoms with Crippen LogP contribution in [-0.4, -0.2) is 26.2 Å². The summed E-state index contributed by atoms with van der Waals surface area (Å²) in [6.45, 7) is 3.77. The fourth-order valence-electron chi connectivity index (χ4n) is 2.89. The summed E-state index contributed by atoms with van der Waals surface area (Å²) in [6, 6.07) is 19.9. The maximum Gasteiger partial charge on any atom is 0.246 e. The number of methoxy groups -OCH3 is 2. The second-order valence-corrected chi connectivity index (χ2v) is 6.81. The van der Waals surface area contributed by atoms with Crippen LogP contribution >= 0.6 is 0 Å². The summed E-state index contributed by atoms with van der Waals surface area (Å²) in [5.74, 6) is 2.40. The lowest BCUT2D eigenvalue weighted by Gasteiger charge is -2.18. The zero-order valence-electron chi connectivity index (χ0n) is 17.6. The highest BCUT2D eigenvalue weighted by atomic mass is 16.5. The Hall–Kier alpha value is -3.67. The molecule has 2 N–H and O–H groups in total. The van der Waals surface area contributed by atoms with Gasteiger partial charge in [0.15, 0.2) is 11.5 Å². The zero-order chi connectivity index (χ0) is 21.5. The molecule has 0 radical (unpaired) electrons. The third-order valence-corrected chi connectivity index (χ3v) is 4.63. The maximum atomic E-state index is 12.6. The number of para-hydroxylation sites is 1. The van der Waals surface area contributed by atoms with Gasteiger partial charge >= 0.3 is 0 Å². The van der Waals surface area contributed by atoms with Gasteiger partial charge in [0.25, 0.3) is 0 Å². The van der Waals surface area contributed by atoms with Crippen molar-refractivity contribution >= 4 is 17.3 Å². The SMILES string of the molecule is COc1ccc(Oc2cc(NC(C)C(=O)Nc3ccccc3C)ccc2OC)cc1. The number of benzene rings is 3. The minimum atomic E-state index is -0.452. The monoisotopic (exact) mass is 406 g/mol. The Morgan fingerprint density at radius 1 is 0.867 bits per heavy atom. The van der Waals surface area contributed by atoms with Gasteiger partial charge in [0.05, 0.1) is 14.2 Å². The molecule has 0 aromatic heterocycles. The number of amides is 1. The van der Waals surface area contributed by atoms with Crippen molar-refractivity contribution in [3.8, 4) is 23.0 Å². The minimum Gasteiger partial charge on any atom is -0.497 e. The van der Waals surface area contributed by atoms with Crippen molar-refractivity contribution in [1.82, 2.24) is 0 Å². The third-order valence-electron chi connectivity index (χ3n) is 4.63. The number of carbonyl (C=O) groups excluding carboxylic acids is 1. The number of anilines is 2. The standard InChI is InChI=1S/C24H26N2O4/c1-16-7-5-6-8-21(16)26-24(27)17(2)25-18-9-14-22(29-4)23(15-18)30-20-12-10-19(28-3)11-13-20/h5-15,17,25H,1-4H3,(H,26,27). The molecule has 3 rings (SSSR count). The number of rotatable bonds is 8. The van der Waals surface area contributed by atoms with E-state index in [-0.39, 0.29) is 5.91 Å². The molecule has 1 atom stereocenters. The molecular weight excluding hydrogens is 380 g/mol. The lowest BCUT2D eigenvalue weighted by Crippen LogP contribution is -2.32. The van der Waals surface area contributed by atoms with Gasteiger partial charge in [0.1, 0.15) is 17.5 Å². The van der Waals surface area contributed by atoms with Crippen molar-refractivity contribution < 1.29 is 19.0 Å². The van der Waals surface area contributed by atoms with E-state index >= 15 is 0 Å². The third kappa shape index (κ3) is 5.23. The van der Waals surface area contributed by atoms with Crippen LogP contribution in [0.15, 0.2) is 66.7 Å². The first-order valence-electron chi connectivity index (χ1n) is 9.63. The lowest BCUT2D eigenvalue weighted by atomic mass is 10.2. The summed E-state index contributed by atoms with van der Waals surface area (Å²) in [4.78, 5) is 12.6. The topological polar surface area (TPSA) is 68.8 Å². The Bertz CT molecular complexity index is 1000. The van der Waals surface area contributed by atoms with Gasteiger partial charge in [-0.05, 0) is 61.9 Å². The van der Waals surface area contributed by atoms with E-state index in [1.807, 2.05) is 68.4 Å². The van der Waals surface area contributed by atoms with E-state index in [2.05, 4.69) is 10.6 Å². The summed E-state index contributed by atoms with van der Waals surface area (Å²) in [5.41, 5.74) is 2.55. The summed E-state index contributed by atoms with van der Waals surface area (Å²) >= 11 is 0. The molecule has 0 aliphatic heterocycles. The average Bonchev–Trinajstić information content (AvgIpc) is 2.76. The second kappa shape index (κ2) is 9.69. The van der Waals surface area contributed by atoms with Crippen LogP contribution in [0.4, 0.5) is 11.4 Å². The van der Waals surface area contributed by atoms with E-state index in [0.29, 0.717) is 17.2 Å². The lowest BCUT2D eigenvalue weighted by molar-refractivity contribution is -0.116. The van der Waals surface area contributed by atoms with Gasteiger partial charge in [0.2, 0.25) is 5.91 Å². The Balaban J connectivity index is 1.71. The summed E-state index contributed by atoms with van der Waals surface area (Å²) in [6.07, 6.45) is 0. The molecule has 1 unspecified atom stereocenters. The van der Waals surface area contributed by atoms with Crippen LogP contribution in [0.2, 0.25) is 0 Å². The summed E-state index contributed by atoms with van der Waals surface area (Å²) < 4.78 is 16.5. The first-order chi connectivity index (χ1) is 14.5. The number of aryl methyl sites for hydroxylation is 1. The molecule has 0 spiro atoms. The number of ether oxygens (including phenoxy) is 3. The fraction of sp³-hybridized carbons (Fsp3) is 0.208.